The van der Waals surface area contributed by atoms with Crippen LogP contribution in [0.1, 0.15) is 5.82 Å². The van der Waals surface area contributed by atoms with E-state index in [9.17, 15) is 4.39 Å². The van der Waals surface area contributed by atoms with Gasteiger partial charge in [-0.2, -0.15) is 9.37 Å². The van der Waals surface area contributed by atoms with Gasteiger partial charge in [-0.15, -0.1) is 0 Å². The molecule has 1 aromatic heterocycles. The van der Waals surface area contributed by atoms with E-state index in [1.807, 2.05) is 0 Å². The Hall–Kier alpha value is 0.610. The molecule has 0 radical (unpaired) electrons. The average molecular weight is 341 g/mol. The molecule has 0 amide bonds. The van der Waals surface area contributed by atoms with Gasteiger partial charge in [-0.3, -0.25) is 0 Å². The van der Waals surface area contributed by atoms with Crippen LogP contribution in [0.4, 0.5) is 4.39 Å². The Bertz CT molecular complexity index is 301. The largest absolute Gasteiger partial charge is 0.250 e. The number of hydrogen-bond acceptors (Lipinski definition) is 2. The highest BCUT2D eigenvalue weighted by atomic mass is 127. The summed E-state index contributed by atoms with van der Waals surface area (Å²) in [6.07, 6.45) is 1.25. The minimum atomic E-state index is -1.77. The Balaban J connectivity index is 3.14. The fourth-order valence-corrected chi connectivity index (χ4v) is 1.02. The van der Waals surface area contributed by atoms with Crippen LogP contribution in [-0.4, -0.2) is 9.97 Å². The summed E-state index contributed by atoms with van der Waals surface area (Å²) in [5.41, 5.74) is 0. The molecule has 0 fully saturated rings. The Morgan fingerprint density at radius 3 is 2.42 bits per heavy atom. The summed E-state index contributed by atoms with van der Waals surface area (Å²) >= 11 is 18.0. The molecule has 0 unspecified atom stereocenters. The first-order valence-electron chi connectivity index (χ1n) is 2.66. The second-order valence-electron chi connectivity index (χ2n) is 1.83. The number of nitrogens with zero attached hydrogens (tertiary/aromatic N) is 2. The van der Waals surface area contributed by atoms with Crippen molar-refractivity contribution >= 4 is 57.4 Å². The topological polar surface area (TPSA) is 25.8 Å². The van der Waals surface area contributed by atoms with E-state index < -0.39 is 9.74 Å². The molecule has 0 saturated carbocycles. The molecular formula is C5HCl3FIN2. The molecule has 0 aliphatic heterocycles. The fourth-order valence-electron chi connectivity index (χ4n) is 0.483. The molecule has 0 bridgehead atoms. The maximum atomic E-state index is 12.8. The first kappa shape index (κ1) is 10.7. The molecule has 0 aliphatic carbocycles. The first-order chi connectivity index (χ1) is 5.41. The molecule has 0 saturated heterocycles. The zero-order valence-corrected chi connectivity index (χ0v) is 9.79. The standard InChI is InChI=1S/C5HCl3FIN2/c6-5(7,8)4-11-1-2(10)3(9)12-4/h1H. The van der Waals surface area contributed by atoms with Crippen molar-refractivity contribution < 1.29 is 4.39 Å². The average Bonchev–Trinajstić information content (AvgIpc) is 1.92. The third-order valence-corrected chi connectivity index (χ3v) is 2.19. The van der Waals surface area contributed by atoms with Crippen molar-refractivity contribution in [3.8, 4) is 0 Å². The van der Waals surface area contributed by atoms with Gasteiger partial charge in [0.05, 0.1) is 3.57 Å². The highest BCUT2D eigenvalue weighted by Gasteiger charge is 2.27. The van der Waals surface area contributed by atoms with Gasteiger partial charge in [-0.25, -0.2) is 4.98 Å². The van der Waals surface area contributed by atoms with Crippen molar-refractivity contribution in [2.45, 2.75) is 3.79 Å². The van der Waals surface area contributed by atoms with Crippen molar-refractivity contribution in [2.24, 2.45) is 0 Å². The summed E-state index contributed by atoms with van der Waals surface area (Å²) < 4.78 is 11.3. The molecule has 2 nitrogen and oxygen atoms in total. The summed E-state index contributed by atoms with van der Waals surface area (Å²) in [6, 6.07) is 0. The number of rotatable bonds is 0. The van der Waals surface area contributed by atoms with Gasteiger partial charge in [0.25, 0.3) is 0 Å². The maximum Gasteiger partial charge on any atom is 0.250 e. The molecule has 66 valence electrons. The van der Waals surface area contributed by atoms with E-state index in [0.29, 0.717) is 0 Å². The first-order valence-corrected chi connectivity index (χ1v) is 4.88. The van der Waals surface area contributed by atoms with Crippen LogP contribution in [-0.2, 0) is 3.79 Å². The zero-order chi connectivity index (χ0) is 9.35. The number of halogens is 5. The van der Waals surface area contributed by atoms with Crippen LogP contribution in [0, 0.1) is 9.52 Å². The maximum absolute atomic E-state index is 12.8. The molecule has 1 aromatic rings. The van der Waals surface area contributed by atoms with E-state index in [1.165, 1.54) is 6.20 Å². The lowest BCUT2D eigenvalue weighted by Gasteiger charge is -2.07. The van der Waals surface area contributed by atoms with E-state index in [4.69, 9.17) is 34.8 Å². The van der Waals surface area contributed by atoms with Crippen LogP contribution in [0.3, 0.4) is 0 Å². The van der Waals surface area contributed by atoms with E-state index in [1.54, 1.807) is 22.6 Å². The van der Waals surface area contributed by atoms with Crippen molar-refractivity contribution in [3.05, 3.63) is 21.5 Å². The van der Waals surface area contributed by atoms with Crippen molar-refractivity contribution in [1.82, 2.24) is 9.97 Å². The van der Waals surface area contributed by atoms with Crippen LogP contribution < -0.4 is 0 Å². The Kier molecular flexibility index (Phi) is 3.36. The molecule has 7 heteroatoms. The van der Waals surface area contributed by atoms with Gasteiger partial charge in [0, 0.05) is 6.20 Å². The zero-order valence-electron chi connectivity index (χ0n) is 5.36. The van der Waals surface area contributed by atoms with Crippen LogP contribution >= 0.6 is 57.4 Å². The molecule has 0 aromatic carbocycles. The minimum Gasteiger partial charge on any atom is -0.236 e. The monoisotopic (exact) mass is 340 g/mol. The number of alkyl halides is 3. The molecule has 12 heavy (non-hydrogen) atoms. The second kappa shape index (κ2) is 3.77. The Morgan fingerprint density at radius 2 is 2.00 bits per heavy atom. The molecule has 0 spiro atoms. The summed E-state index contributed by atoms with van der Waals surface area (Å²) in [5.74, 6) is -0.850. The third-order valence-electron chi connectivity index (χ3n) is 0.955. The lowest BCUT2D eigenvalue weighted by atomic mass is 10.6. The van der Waals surface area contributed by atoms with E-state index in [2.05, 4.69) is 9.97 Å². The summed E-state index contributed by atoms with van der Waals surface area (Å²) in [7, 11) is 0. The van der Waals surface area contributed by atoms with Crippen LogP contribution in [0.2, 0.25) is 0 Å². The Morgan fingerprint density at radius 1 is 1.42 bits per heavy atom. The quantitative estimate of drug-likeness (QED) is 0.412. The van der Waals surface area contributed by atoms with Crippen LogP contribution in [0.15, 0.2) is 6.20 Å². The van der Waals surface area contributed by atoms with E-state index in [-0.39, 0.29) is 9.39 Å². The molecule has 0 atom stereocenters. The lowest BCUT2D eigenvalue weighted by Crippen LogP contribution is -2.09. The molecular weight excluding hydrogens is 340 g/mol. The molecule has 0 N–H and O–H groups in total. The van der Waals surface area contributed by atoms with Gasteiger partial charge in [0.1, 0.15) is 0 Å². The van der Waals surface area contributed by atoms with E-state index >= 15 is 0 Å². The summed E-state index contributed by atoms with van der Waals surface area (Å²) in [6.45, 7) is 0. The van der Waals surface area contributed by atoms with Gasteiger partial charge in [0.15, 0.2) is 5.82 Å². The number of hydrogen-bond donors (Lipinski definition) is 0. The normalized spacial score (nSPS) is 11.8. The summed E-state index contributed by atoms with van der Waals surface area (Å²) in [4.78, 5) is 7.02. The van der Waals surface area contributed by atoms with E-state index in [0.717, 1.165) is 0 Å². The fraction of sp³-hybridized carbons (Fsp3) is 0.200. The Labute approximate surface area is 96.6 Å². The lowest BCUT2D eigenvalue weighted by molar-refractivity contribution is 0.563. The SMILES string of the molecule is Fc1nc(C(Cl)(Cl)Cl)ncc1I. The molecule has 0 aliphatic rings. The second-order valence-corrected chi connectivity index (χ2v) is 5.27. The highest BCUT2D eigenvalue weighted by molar-refractivity contribution is 14.1. The van der Waals surface area contributed by atoms with Gasteiger partial charge >= 0.3 is 0 Å². The van der Waals surface area contributed by atoms with Crippen molar-refractivity contribution in [3.63, 3.8) is 0 Å². The van der Waals surface area contributed by atoms with Gasteiger partial charge in [-0.05, 0) is 22.6 Å². The molecule has 1 rings (SSSR count). The predicted molar refractivity (Wildman–Crippen MR) is 53.9 cm³/mol. The summed E-state index contributed by atoms with van der Waals surface area (Å²) in [5, 5.41) is 0. The van der Waals surface area contributed by atoms with Crippen molar-refractivity contribution in [1.29, 1.82) is 0 Å². The van der Waals surface area contributed by atoms with Crippen LogP contribution in [0.5, 0.6) is 0 Å². The van der Waals surface area contributed by atoms with Gasteiger partial charge in [0.2, 0.25) is 9.74 Å². The number of aromatic nitrogens is 2. The third kappa shape index (κ3) is 2.55. The van der Waals surface area contributed by atoms with Crippen LogP contribution in [0.25, 0.3) is 0 Å². The predicted octanol–water partition coefficient (Wildman–Crippen LogP) is 3.05. The highest BCUT2D eigenvalue weighted by Crippen LogP contribution is 2.35. The van der Waals surface area contributed by atoms with Gasteiger partial charge in [-0.1, -0.05) is 34.8 Å². The smallest absolute Gasteiger partial charge is 0.236 e. The minimum absolute atomic E-state index is 0.162. The van der Waals surface area contributed by atoms with Gasteiger partial charge < -0.3 is 0 Å². The van der Waals surface area contributed by atoms with Crippen molar-refractivity contribution in [2.75, 3.05) is 0 Å². The molecule has 1 heterocycles.